The minimum atomic E-state index is -0.851. The topological polar surface area (TPSA) is 95.5 Å². The van der Waals surface area contributed by atoms with Crippen LogP contribution in [-0.2, 0) is 14.4 Å². The molecule has 2 unspecified atom stereocenters. The molecule has 3 N–H and O–H groups in total. The average molecular weight is 254 g/mol. The molecule has 6 heteroatoms. The van der Waals surface area contributed by atoms with Crippen LogP contribution in [0, 0.1) is 5.92 Å². The first-order chi connectivity index (χ1) is 8.58. The molecule has 0 aromatic carbocycles. The molecule has 100 valence electrons. The summed E-state index contributed by atoms with van der Waals surface area (Å²) in [5, 5.41) is 14.5. The van der Waals surface area contributed by atoms with Crippen LogP contribution in [0.25, 0.3) is 0 Å². The predicted molar refractivity (Wildman–Crippen MR) is 62.7 cm³/mol. The van der Waals surface area contributed by atoms with Gasteiger partial charge in [-0.3, -0.25) is 14.4 Å². The van der Waals surface area contributed by atoms with E-state index in [1.807, 2.05) is 0 Å². The van der Waals surface area contributed by atoms with Crippen LogP contribution in [0.1, 0.15) is 38.5 Å². The highest BCUT2D eigenvalue weighted by Crippen LogP contribution is 2.25. The van der Waals surface area contributed by atoms with Crippen LogP contribution in [0.15, 0.2) is 0 Å². The molecule has 1 heterocycles. The number of carbonyl (C=O) groups excluding carboxylic acids is 2. The maximum atomic E-state index is 11.9. The van der Waals surface area contributed by atoms with Gasteiger partial charge in [0.1, 0.15) is 6.04 Å². The van der Waals surface area contributed by atoms with Crippen molar-refractivity contribution >= 4 is 17.8 Å². The van der Waals surface area contributed by atoms with E-state index in [0.717, 1.165) is 12.8 Å². The molecule has 3 atom stereocenters. The van der Waals surface area contributed by atoms with E-state index >= 15 is 0 Å². The second-order valence-electron chi connectivity index (χ2n) is 5.00. The Kier molecular flexibility index (Phi) is 3.84. The van der Waals surface area contributed by atoms with Crippen molar-refractivity contribution < 1.29 is 19.5 Å². The van der Waals surface area contributed by atoms with Crippen molar-refractivity contribution in [3.05, 3.63) is 0 Å². The molecule has 0 spiro atoms. The molecule has 0 radical (unpaired) electrons. The summed E-state index contributed by atoms with van der Waals surface area (Å²) in [5.41, 5.74) is 0. The van der Waals surface area contributed by atoms with Crippen LogP contribution in [0.3, 0.4) is 0 Å². The highest BCUT2D eigenvalue weighted by molar-refractivity contribution is 5.91. The zero-order valence-electron chi connectivity index (χ0n) is 10.1. The summed E-state index contributed by atoms with van der Waals surface area (Å²) in [5.74, 6) is -1.72. The van der Waals surface area contributed by atoms with Crippen molar-refractivity contribution in [3.8, 4) is 0 Å². The van der Waals surface area contributed by atoms with Crippen LogP contribution in [0.2, 0.25) is 0 Å². The summed E-state index contributed by atoms with van der Waals surface area (Å²) in [6.45, 7) is 0. The van der Waals surface area contributed by atoms with Gasteiger partial charge in [0.15, 0.2) is 0 Å². The zero-order chi connectivity index (χ0) is 13.1. The Bertz CT molecular complexity index is 369. The van der Waals surface area contributed by atoms with Gasteiger partial charge in [0.25, 0.3) is 0 Å². The van der Waals surface area contributed by atoms with Crippen molar-refractivity contribution in [1.29, 1.82) is 0 Å². The smallest absolute Gasteiger partial charge is 0.308 e. The summed E-state index contributed by atoms with van der Waals surface area (Å²) >= 11 is 0. The fourth-order valence-corrected chi connectivity index (χ4v) is 2.69. The molecule has 1 saturated carbocycles. The molecule has 2 amide bonds. The van der Waals surface area contributed by atoms with Crippen molar-refractivity contribution in [2.24, 2.45) is 5.92 Å². The van der Waals surface area contributed by atoms with Crippen LogP contribution in [0.5, 0.6) is 0 Å². The van der Waals surface area contributed by atoms with Gasteiger partial charge in [0.05, 0.1) is 5.92 Å². The number of hydrogen-bond acceptors (Lipinski definition) is 3. The Labute approximate surface area is 105 Å². The summed E-state index contributed by atoms with van der Waals surface area (Å²) in [6, 6.07) is -0.796. The predicted octanol–water partition coefficient (Wildman–Crippen LogP) is 0.0246. The average Bonchev–Trinajstić information content (AvgIpc) is 2.76. The zero-order valence-corrected chi connectivity index (χ0v) is 10.1. The van der Waals surface area contributed by atoms with Gasteiger partial charge in [-0.2, -0.15) is 0 Å². The monoisotopic (exact) mass is 254 g/mol. The number of rotatable bonds is 3. The Balaban J connectivity index is 1.92. The lowest BCUT2D eigenvalue weighted by molar-refractivity contribution is -0.144. The van der Waals surface area contributed by atoms with Gasteiger partial charge in [0.2, 0.25) is 11.8 Å². The second kappa shape index (κ2) is 5.37. The van der Waals surface area contributed by atoms with Crippen LogP contribution < -0.4 is 10.6 Å². The lowest BCUT2D eigenvalue weighted by Gasteiger charge is -2.30. The highest BCUT2D eigenvalue weighted by Gasteiger charge is 2.34. The van der Waals surface area contributed by atoms with Crippen LogP contribution >= 0.6 is 0 Å². The Morgan fingerprint density at radius 3 is 2.56 bits per heavy atom. The van der Waals surface area contributed by atoms with E-state index in [1.165, 1.54) is 0 Å². The first kappa shape index (κ1) is 12.9. The first-order valence-corrected chi connectivity index (χ1v) is 6.40. The second-order valence-corrected chi connectivity index (χ2v) is 5.00. The van der Waals surface area contributed by atoms with Gasteiger partial charge in [-0.15, -0.1) is 0 Å². The van der Waals surface area contributed by atoms with E-state index in [-0.39, 0.29) is 17.9 Å². The fraction of sp³-hybridized carbons (Fsp3) is 0.750. The fourth-order valence-electron chi connectivity index (χ4n) is 2.69. The third-order valence-corrected chi connectivity index (χ3v) is 3.72. The molecule has 2 fully saturated rings. The minimum Gasteiger partial charge on any atom is -0.481 e. The molecule has 1 saturated heterocycles. The molecule has 6 nitrogen and oxygen atoms in total. The summed E-state index contributed by atoms with van der Waals surface area (Å²) in [6.07, 6.45) is 4.00. The number of carboxylic acids is 1. The molecule has 2 aliphatic rings. The van der Waals surface area contributed by atoms with Crippen molar-refractivity contribution in [2.45, 2.75) is 50.6 Å². The van der Waals surface area contributed by atoms with Gasteiger partial charge in [-0.1, -0.05) is 12.8 Å². The van der Waals surface area contributed by atoms with E-state index in [1.54, 1.807) is 0 Å². The third kappa shape index (κ3) is 2.80. The summed E-state index contributed by atoms with van der Waals surface area (Å²) in [7, 11) is 0. The van der Waals surface area contributed by atoms with E-state index < -0.39 is 17.9 Å². The number of hydrogen-bond donors (Lipinski definition) is 3. The molecular formula is C12H18N2O4. The van der Waals surface area contributed by atoms with Crippen LogP contribution in [-0.4, -0.2) is 35.0 Å². The van der Waals surface area contributed by atoms with Crippen molar-refractivity contribution in [1.82, 2.24) is 10.6 Å². The molecule has 18 heavy (non-hydrogen) atoms. The molecule has 1 aliphatic heterocycles. The van der Waals surface area contributed by atoms with Gasteiger partial charge in [-0.05, 0) is 19.3 Å². The molecule has 2 rings (SSSR count). The first-order valence-electron chi connectivity index (χ1n) is 6.40. The third-order valence-electron chi connectivity index (χ3n) is 3.72. The summed E-state index contributed by atoms with van der Waals surface area (Å²) in [4.78, 5) is 34.0. The lowest BCUT2D eigenvalue weighted by atomic mass is 9.84. The highest BCUT2D eigenvalue weighted by atomic mass is 16.4. The quantitative estimate of drug-likeness (QED) is 0.662. The molecule has 0 bridgehead atoms. The van der Waals surface area contributed by atoms with Crippen molar-refractivity contribution in [3.63, 3.8) is 0 Å². The Morgan fingerprint density at radius 2 is 1.94 bits per heavy atom. The van der Waals surface area contributed by atoms with Gasteiger partial charge >= 0.3 is 5.97 Å². The Hall–Kier alpha value is -1.59. The van der Waals surface area contributed by atoms with E-state index in [9.17, 15) is 14.4 Å². The number of carbonyl (C=O) groups is 3. The number of aliphatic carboxylic acids is 1. The van der Waals surface area contributed by atoms with Gasteiger partial charge in [0, 0.05) is 12.5 Å². The van der Waals surface area contributed by atoms with Gasteiger partial charge in [-0.25, -0.2) is 0 Å². The largest absolute Gasteiger partial charge is 0.481 e. The standard InChI is InChI=1S/C12H18N2O4/c15-10-6-5-9(13-10)11(16)14-8-4-2-1-3-7(8)12(17)18/h7-9H,1-6H2,(H,13,15)(H,14,16)(H,17,18)/t7?,8?,9-/m0/s1. The molecule has 1 aliphatic carbocycles. The normalized spacial score (nSPS) is 31.8. The van der Waals surface area contributed by atoms with E-state index in [0.29, 0.717) is 25.7 Å². The maximum absolute atomic E-state index is 11.9. The van der Waals surface area contributed by atoms with Crippen LogP contribution in [0.4, 0.5) is 0 Å². The minimum absolute atomic E-state index is 0.117. The van der Waals surface area contributed by atoms with E-state index in [4.69, 9.17) is 5.11 Å². The van der Waals surface area contributed by atoms with Gasteiger partial charge < -0.3 is 15.7 Å². The number of nitrogens with one attached hydrogen (secondary N) is 2. The maximum Gasteiger partial charge on any atom is 0.308 e. The molecule has 0 aromatic heterocycles. The van der Waals surface area contributed by atoms with Crippen molar-refractivity contribution in [2.75, 3.05) is 0 Å². The molecule has 0 aromatic rings. The summed E-state index contributed by atoms with van der Waals surface area (Å²) < 4.78 is 0. The Morgan fingerprint density at radius 1 is 1.22 bits per heavy atom. The number of carboxylic acid groups (broad SMARTS) is 1. The van der Waals surface area contributed by atoms with E-state index in [2.05, 4.69) is 10.6 Å². The SMILES string of the molecule is O=C1CC[C@@H](C(=O)NC2CCCCC2C(=O)O)N1. The molecular weight excluding hydrogens is 236 g/mol. The number of amides is 2. The lowest BCUT2D eigenvalue weighted by Crippen LogP contribution is -2.50.